The van der Waals surface area contributed by atoms with Crippen LogP contribution in [0.1, 0.15) is 63.4 Å². The molecule has 2 saturated carbocycles. The molecule has 5 atom stereocenters. The van der Waals surface area contributed by atoms with Crippen molar-refractivity contribution in [1.82, 2.24) is 0 Å². The number of hydrogen-bond donors (Lipinski definition) is 0. The Hall–Kier alpha value is -1.13. The molecule has 0 aliphatic heterocycles. The lowest BCUT2D eigenvalue weighted by Gasteiger charge is -2.24. The number of alkyl halides is 2. The van der Waals surface area contributed by atoms with Gasteiger partial charge in [-0.1, -0.05) is 19.8 Å². The van der Waals surface area contributed by atoms with Crippen LogP contribution < -0.4 is 0 Å². The van der Waals surface area contributed by atoms with E-state index < -0.39 is 35.2 Å². The van der Waals surface area contributed by atoms with Crippen LogP contribution in [0, 0.1) is 29.3 Å². The maximum absolute atomic E-state index is 15.3. The van der Waals surface area contributed by atoms with E-state index in [0.717, 1.165) is 25.0 Å². The predicted molar refractivity (Wildman–Crippen MR) is 82.8 cm³/mol. The molecule has 134 valence electrons. The summed E-state index contributed by atoms with van der Waals surface area (Å²) >= 11 is 0. The molecule has 0 nitrogen and oxygen atoms in total. The largest absolute Gasteiger partial charge is 0.247 e. The van der Waals surface area contributed by atoms with Gasteiger partial charge < -0.3 is 0 Å². The molecule has 2 fully saturated rings. The molecule has 0 heterocycles. The van der Waals surface area contributed by atoms with E-state index in [2.05, 4.69) is 6.92 Å². The normalized spacial score (nSPS) is 36.4. The zero-order valence-electron chi connectivity index (χ0n) is 13.8. The lowest BCUT2D eigenvalue weighted by atomic mass is 9.88. The van der Waals surface area contributed by atoms with Gasteiger partial charge in [0.2, 0.25) is 0 Å². The van der Waals surface area contributed by atoms with Crippen molar-refractivity contribution in [3.8, 4) is 0 Å². The van der Waals surface area contributed by atoms with Gasteiger partial charge in [-0.05, 0) is 61.6 Å². The van der Waals surface area contributed by atoms with E-state index in [-0.39, 0.29) is 30.7 Å². The second kappa shape index (κ2) is 6.64. The van der Waals surface area contributed by atoms with Gasteiger partial charge in [0, 0.05) is 5.92 Å². The van der Waals surface area contributed by atoms with Crippen LogP contribution in [0.25, 0.3) is 0 Å². The number of fused-ring (bicyclic) bond motifs is 1. The topological polar surface area (TPSA) is 0 Å². The van der Waals surface area contributed by atoms with Crippen LogP contribution in [0.5, 0.6) is 0 Å². The zero-order valence-corrected chi connectivity index (χ0v) is 13.8. The van der Waals surface area contributed by atoms with Crippen LogP contribution in [0.2, 0.25) is 0 Å². The Morgan fingerprint density at radius 2 is 1.79 bits per heavy atom. The van der Waals surface area contributed by atoms with Crippen molar-refractivity contribution in [2.75, 3.05) is 0 Å². The fourth-order valence-corrected chi connectivity index (χ4v) is 4.76. The highest BCUT2D eigenvalue weighted by molar-refractivity contribution is 5.25. The average Bonchev–Trinajstić information content (AvgIpc) is 2.75. The highest BCUT2D eigenvalue weighted by atomic mass is 19.2. The summed E-state index contributed by atoms with van der Waals surface area (Å²) in [6.07, 6.45) is 2.18. The number of hydrogen-bond acceptors (Lipinski definition) is 0. The first kappa shape index (κ1) is 17.7. The van der Waals surface area contributed by atoms with Gasteiger partial charge in [-0.25, -0.2) is 22.0 Å². The van der Waals surface area contributed by atoms with Gasteiger partial charge in [0.05, 0.1) is 0 Å². The molecule has 1 aromatic carbocycles. The second-order valence-corrected chi connectivity index (χ2v) is 7.52. The van der Waals surface area contributed by atoms with Crippen molar-refractivity contribution in [3.63, 3.8) is 0 Å². The summed E-state index contributed by atoms with van der Waals surface area (Å²) in [5.41, 5.74) is -1.29. The van der Waals surface area contributed by atoms with Crippen LogP contribution in [-0.4, -0.2) is 11.8 Å². The molecule has 0 N–H and O–H groups in total. The molecule has 24 heavy (non-hydrogen) atoms. The molecular weight excluding hydrogens is 323 g/mol. The first-order valence-electron chi connectivity index (χ1n) is 8.81. The minimum Gasteiger partial charge on any atom is -0.247 e. The van der Waals surface area contributed by atoms with Crippen LogP contribution in [0.3, 0.4) is 0 Å². The van der Waals surface area contributed by atoms with E-state index in [1.807, 2.05) is 0 Å². The molecule has 0 aromatic heterocycles. The van der Waals surface area contributed by atoms with E-state index in [4.69, 9.17) is 0 Å². The summed E-state index contributed by atoms with van der Waals surface area (Å²) < 4.78 is 70.1. The molecule has 5 unspecified atom stereocenters. The van der Waals surface area contributed by atoms with Crippen LogP contribution in [-0.2, 0) is 0 Å². The molecule has 0 radical (unpaired) electrons. The Bertz CT molecular complexity index is 578. The SMILES string of the molecule is CCCC1CC2CC(F)C(c3cc(F)c(F)c(F)c3)CCC2(F)C1. The molecule has 2 aliphatic carbocycles. The molecule has 0 bridgehead atoms. The third-order valence-corrected chi connectivity index (χ3v) is 5.93. The molecule has 3 rings (SSSR count). The van der Waals surface area contributed by atoms with Gasteiger partial charge in [0.1, 0.15) is 11.8 Å². The summed E-state index contributed by atoms with van der Waals surface area (Å²) in [5.74, 6) is -5.00. The lowest BCUT2D eigenvalue weighted by molar-refractivity contribution is 0.0917. The Morgan fingerprint density at radius 3 is 2.42 bits per heavy atom. The summed E-state index contributed by atoms with van der Waals surface area (Å²) in [4.78, 5) is 0. The maximum Gasteiger partial charge on any atom is 0.194 e. The molecule has 1 aromatic rings. The Kier molecular flexibility index (Phi) is 4.89. The van der Waals surface area contributed by atoms with E-state index in [0.29, 0.717) is 18.8 Å². The number of benzene rings is 1. The van der Waals surface area contributed by atoms with Gasteiger partial charge in [0.15, 0.2) is 17.5 Å². The first-order chi connectivity index (χ1) is 11.3. The Morgan fingerprint density at radius 1 is 1.12 bits per heavy atom. The molecule has 0 saturated heterocycles. The summed E-state index contributed by atoms with van der Waals surface area (Å²) in [6.45, 7) is 2.06. The highest BCUT2D eigenvalue weighted by Gasteiger charge is 2.51. The van der Waals surface area contributed by atoms with Gasteiger partial charge in [0.25, 0.3) is 0 Å². The first-order valence-corrected chi connectivity index (χ1v) is 8.81. The monoisotopic (exact) mass is 346 g/mol. The quantitative estimate of drug-likeness (QED) is 0.449. The Balaban J connectivity index is 1.81. The third-order valence-electron chi connectivity index (χ3n) is 5.93. The van der Waals surface area contributed by atoms with Crippen LogP contribution in [0.15, 0.2) is 12.1 Å². The molecule has 0 amide bonds. The fraction of sp³-hybridized carbons (Fsp3) is 0.684. The minimum atomic E-state index is -1.55. The highest BCUT2D eigenvalue weighted by Crippen LogP contribution is 2.53. The predicted octanol–water partition coefficient (Wildman–Crippen LogP) is 6.24. The van der Waals surface area contributed by atoms with Crippen LogP contribution in [0.4, 0.5) is 22.0 Å². The summed E-state index contributed by atoms with van der Waals surface area (Å²) in [6, 6.07) is 1.70. The lowest BCUT2D eigenvalue weighted by Crippen LogP contribution is -2.27. The minimum absolute atomic E-state index is 0.0714. The van der Waals surface area contributed by atoms with Crippen molar-refractivity contribution in [2.45, 2.75) is 69.6 Å². The van der Waals surface area contributed by atoms with Gasteiger partial charge in [-0.15, -0.1) is 0 Å². The molecule has 0 spiro atoms. The Labute approximate surface area is 139 Å². The molecule has 5 heteroatoms. The fourth-order valence-electron chi connectivity index (χ4n) is 4.76. The van der Waals surface area contributed by atoms with E-state index in [1.54, 1.807) is 0 Å². The van der Waals surface area contributed by atoms with Gasteiger partial charge in [-0.3, -0.25) is 0 Å². The maximum atomic E-state index is 15.3. The molecule has 2 aliphatic rings. The zero-order chi connectivity index (χ0) is 17.5. The summed E-state index contributed by atoms with van der Waals surface area (Å²) in [7, 11) is 0. The van der Waals surface area contributed by atoms with Crippen molar-refractivity contribution in [3.05, 3.63) is 35.1 Å². The van der Waals surface area contributed by atoms with Gasteiger partial charge >= 0.3 is 0 Å². The van der Waals surface area contributed by atoms with Crippen molar-refractivity contribution in [1.29, 1.82) is 0 Å². The van der Waals surface area contributed by atoms with Crippen LogP contribution >= 0.6 is 0 Å². The van der Waals surface area contributed by atoms with Gasteiger partial charge in [-0.2, -0.15) is 0 Å². The summed E-state index contributed by atoms with van der Waals surface area (Å²) in [5, 5.41) is 0. The van der Waals surface area contributed by atoms with Crippen molar-refractivity contribution < 1.29 is 22.0 Å². The third kappa shape index (κ3) is 3.18. The standard InChI is InChI=1S/C19H23F5/c1-2-3-11-6-13-9-15(20)14(4-5-19(13,24)10-11)12-7-16(21)18(23)17(22)8-12/h7-8,11,13-15H,2-6,9-10H2,1H3. The average molecular weight is 346 g/mol. The van der Waals surface area contributed by atoms with E-state index in [1.165, 1.54) is 0 Å². The van der Waals surface area contributed by atoms with Crippen molar-refractivity contribution >= 4 is 0 Å². The smallest absolute Gasteiger partial charge is 0.194 e. The van der Waals surface area contributed by atoms with Crippen molar-refractivity contribution in [2.24, 2.45) is 11.8 Å². The van der Waals surface area contributed by atoms with E-state index >= 15 is 4.39 Å². The number of halogens is 5. The number of rotatable bonds is 3. The molecular formula is C19H23F5. The second-order valence-electron chi connectivity index (χ2n) is 7.52. The van der Waals surface area contributed by atoms with E-state index in [9.17, 15) is 17.6 Å².